The smallest absolute Gasteiger partial charge is 0.313 e. The van der Waals surface area contributed by atoms with E-state index in [1.165, 1.54) is 16.7 Å². The number of hydrogen-bond acceptors (Lipinski definition) is 4. The lowest BCUT2D eigenvalue weighted by Gasteiger charge is -2.10. The molecule has 0 saturated heterocycles. The van der Waals surface area contributed by atoms with E-state index >= 15 is 0 Å². The molecule has 0 radical (unpaired) electrons. The number of carbonyl (C=O) groups is 1. The third-order valence-electron chi connectivity index (χ3n) is 2.28. The molecule has 0 bridgehead atoms. The van der Waals surface area contributed by atoms with Crippen molar-refractivity contribution < 1.29 is 14.3 Å². The monoisotopic (exact) mass is 301 g/mol. The van der Waals surface area contributed by atoms with E-state index in [4.69, 9.17) is 16.7 Å². The van der Waals surface area contributed by atoms with Gasteiger partial charge in [0.1, 0.15) is 17.3 Å². The highest BCUT2D eigenvalue weighted by molar-refractivity contribution is 7.99. The summed E-state index contributed by atoms with van der Waals surface area (Å²) in [7, 11) is 0. The summed E-state index contributed by atoms with van der Waals surface area (Å²) in [4.78, 5) is 10.6. The van der Waals surface area contributed by atoms with Crippen LogP contribution in [0.4, 0.5) is 4.39 Å². The van der Waals surface area contributed by atoms with Crippen molar-refractivity contribution in [3.63, 3.8) is 0 Å². The molecule has 2 aromatic rings. The molecule has 0 fully saturated rings. The van der Waals surface area contributed by atoms with Crippen LogP contribution in [0.5, 0.6) is 0 Å². The first-order chi connectivity index (χ1) is 9.00. The first-order valence-electron chi connectivity index (χ1n) is 5.21. The van der Waals surface area contributed by atoms with Gasteiger partial charge >= 0.3 is 5.97 Å². The first kappa shape index (κ1) is 13.8. The lowest BCUT2D eigenvalue weighted by Crippen LogP contribution is -2.05. The fraction of sp³-hybridized carbons (Fsp3) is 0.182. The quantitative estimate of drug-likeness (QED) is 0.879. The number of thioether (sulfide) groups is 1. The van der Waals surface area contributed by atoms with Crippen molar-refractivity contribution in [1.29, 1.82) is 0 Å². The Morgan fingerprint density at radius 1 is 1.53 bits per heavy atom. The van der Waals surface area contributed by atoms with Gasteiger partial charge in [0, 0.05) is 0 Å². The second-order valence-corrected chi connectivity index (χ2v) is 4.97. The Morgan fingerprint density at radius 3 is 2.89 bits per heavy atom. The Morgan fingerprint density at radius 2 is 2.26 bits per heavy atom. The fourth-order valence-electron chi connectivity index (χ4n) is 1.52. The molecular formula is C11H9ClFN3O2S. The van der Waals surface area contributed by atoms with Crippen LogP contribution in [0.3, 0.4) is 0 Å². The SMILES string of the molecule is Cc1nnc(SCC(=O)O)n1-c1c(F)cccc1Cl. The fourth-order valence-corrected chi connectivity index (χ4v) is 2.47. The Hall–Kier alpha value is -1.60. The van der Waals surface area contributed by atoms with Crippen molar-refractivity contribution in [2.45, 2.75) is 12.1 Å². The van der Waals surface area contributed by atoms with Gasteiger partial charge in [-0.1, -0.05) is 29.4 Å². The predicted octanol–water partition coefficient (Wildman–Crippen LogP) is 2.54. The molecule has 0 aliphatic rings. The van der Waals surface area contributed by atoms with E-state index < -0.39 is 11.8 Å². The maximum Gasteiger partial charge on any atom is 0.313 e. The van der Waals surface area contributed by atoms with E-state index in [1.54, 1.807) is 13.0 Å². The van der Waals surface area contributed by atoms with Crippen molar-refractivity contribution in [2.75, 3.05) is 5.75 Å². The molecule has 0 aliphatic heterocycles. The highest BCUT2D eigenvalue weighted by Gasteiger charge is 2.18. The molecule has 1 heterocycles. The van der Waals surface area contributed by atoms with E-state index in [0.717, 1.165) is 11.8 Å². The van der Waals surface area contributed by atoms with Crippen LogP contribution in [0.1, 0.15) is 5.82 Å². The van der Waals surface area contributed by atoms with Crippen LogP contribution < -0.4 is 0 Å². The summed E-state index contributed by atoms with van der Waals surface area (Å²) in [5.74, 6) is -1.27. The standard InChI is InChI=1S/C11H9ClFN3O2S/c1-6-14-15-11(19-5-9(17)18)16(6)10-7(12)3-2-4-8(10)13/h2-4H,5H2,1H3,(H,17,18). The number of hydrogen-bond donors (Lipinski definition) is 1. The molecule has 1 aromatic heterocycles. The molecule has 0 aliphatic carbocycles. The Labute approximate surface area is 117 Å². The Balaban J connectivity index is 2.49. The van der Waals surface area contributed by atoms with Gasteiger partial charge in [-0.25, -0.2) is 4.39 Å². The molecule has 19 heavy (non-hydrogen) atoms. The van der Waals surface area contributed by atoms with Crippen molar-refractivity contribution in [1.82, 2.24) is 14.8 Å². The van der Waals surface area contributed by atoms with E-state index in [1.807, 2.05) is 0 Å². The molecule has 0 atom stereocenters. The minimum Gasteiger partial charge on any atom is -0.481 e. The lowest BCUT2D eigenvalue weighted by atomic mass is 10.3. The van der Waals surface area contributed by atoms with Crippen molar-refractivity contribution in [3.05, 3.63) is 34.9 Å². The summed E-state index contributed by atoms with van der Waals surface area (Å²) in [5.41, 5.74) is 0.125. The molecule has 0 spiro atoms. The largest absolute Gasteiger partial charge is 0.481 e. The zero-order chi connectivity index (χ0) is 14.0. The number of aryl methyl sites for hydroxylation is 1. The van der Waals surface area contributed by atoms with Gasteiger partial charge in [-0.2, -0.15) is 0 Å². The summed E-state index contributed by atoms with van der Waals surface area (Å²) >= 11 is 6.94. The van der Waals surface area contributed by atoms with Gasteiger partial charge in [0.05, 0.1) is 10.8 Å². The molecule has 1 N–H and O–H groups in total. The molecular weight excluding hydrogens is 293 g/mol. The lowest BCUT2D eigenvalue weighted by molar-refractivity contribution is -0.133. The topological polar surface area (TPSA) is 68.0 Å². The second kappa shape index (κ2) is 5.58. The summed E-state index contributed by atoms with van der Waals surface area (Å²) in [6.07, 6.45) is 0. The normalized spacial score (nSPS) is 10.7. The van der Waals surface area contributed by atoms with Crippen molar-refractivity contribution in [2.24, 2.45) is 0 Å². The van der Waals surface area contributed by atoms with Crippen LogP contribution >= 0.6 is 23.4 Å². The van der Waals surface area contributed by atoms with E-state index in [9.17, 15) is 9.18 Å². The zero-order valence-electron chi connectivity index (χ0n) is 9.80. The minimum absolute atomic E-state index is 0.125. The second-order valence-electron chi connectivity index (χ2n) is 3.62. The number of halogens is 2. The number of aliphatic carboxylic acids is 1. The van der Waals surface area contributed by atoms with E-state index in [-0.39, 0.29) is 21.6 Å². The maximum absolute atomic E-state index is 13.9. The highest BCUT2D eigenvalue weighted by Crippen LogP contribution is 2.28. The van der Waals surface area contributed by atoms with E-state index in [0.29, 0.717) is 5.82 Å². The number of carboxylic acid groups (broad SMARTS) is 1. The van der Waals surface area contributed by atoms with Crippen molar-refractivity contribution >= 4 is 29.3 Å². The van der Waals surface area contributed by atoms with Gasteiger partial charge in [0.15, 0.2) is 5.16 Å². The number of carboxylic acids is 1. The summed E-state index contributed by atoms with van der Waals surface area (Å²) in [6.45, 7) is 1.64. The predicted molar refractivity (Wildman–Crippen MR) is 69.4 cm³/mol. The van der Waals surface area contributed by atoms with E-state index in [2.05, 4.69) is 10.2 Å². The Bertz CT molecular complexity index is 612. The molecule has 0 unspecified atom stereocenters. The average Bonchev–Trinajstić information content (AvgIpc) is 2.69. The van der Waals surface area contributed by atoms with Crippen LogP contribution in [-0.2, 0) is 4.79 Å². The molecule has 100 valence electrons. The number of para-hydroxylation sites is 1. The van der Waals surface area contributed by atoms with Crippen LogP contribution in [-0.4, -0.2) is 31.6 Å². The molecule has 5 nitrogen and oxygen atoms in total. The highest BCUT2D eigenvalue weighted by atomic mass is 35.5. The minimum atomic E-state index is -0.989. The third kappa shape index (κ3) is 2.87. The average molecular weight is 302 g/mol. The van der Waals surface area contributed by atoms with Gasteiger partial charge in [-0.3, -0.25) is 9.36 Å². The molecule has 2 rings (SSSR count). The molecule has 8 heteroatoms. The van der Waals surface area contributed by atoms with Gasteiger partial charge in [-0.05, 0) is 19.1 Å². The van der Waals surface area contributed by atoms with Gasteiger partial charge in [0.2, 0.25) is 0 Å². The summed E-state index contributed by atoms with van der Waals surface area (Å²) in [6, 6.07) is 4.31. The molecule has 1 aromatic carbocycles. The van der Waals surface area contributed by atoms with Crippen LogP contribution in [0.2, 0.25) is 5.02 Å². The number of benzene rings is 1. The Kier molecular flexibility index (Phi) is 4.06. The maximum atomic E-state index is 13.9. The molecule has 0 amide bonds. The van der Waals surface area contributed by atoms with Crippen LogP contribution in [0.15, 0.2) is 23.4 Å². The van der Waals surface area contributed by atoms with Gasteiger partial charge < -0.3 is 5.11 Å². The zero-order valence-corrected chi connectivity index (χ0v) is 11.4. The molecule has 0 saturated carbocycles. The van der Waals surface area contributed by atoms with Crippen LogP contribution in [0, 0.1) is 12.7 Å². The number of rotatable bonds is 4. The third-order valence-corrected chi connectivity index (χ3v) is 3.50. The van der Waals surface area contributed by atoms with Gasteiger partial charge in [-0.15, -0.1) is 10.2 Å². The summed E-state index contributed by atoms with van der Waals surface area (Å²) < 4.78 is 15.3. The number of nitrogens with zero attached hydrogens (tertiary/aromatic N) is 3. The van der Waals surface area contributed by atoms with Gasteiger partial charge in [0.25, 0.3) is 0 Å². The van der Waals surface area contributed by atoms with Crippen LogP contribution in [0.25, 0.3) is 5.69 Å². The summed E-state index contributed by atoms with van der Waals surface area (Å²) in [5, 5.41) is 16.8. The van der Waals surface area contributed by atoms with Crippen molar-refractivity contribution in [3.8, 4) is 5.69 Å². The number of aromatic nitrogens is 3. The first-order valence-corrected chi connectivity index (χ1v) is 6.58.